The van der Waals surface area contributed by atoms with Crippen LogP contribution >= 0.6 is 0 Å². The van der Waals surface area contributed by atoms with Gasteiger partial charge in [-0.2, -0.15) is 0 Å². The number of esters is 1. The third-order valence-corrected chi connectivity index (χ3v) is 12.4. The van der Waals surface area contributed by atoms with E-state index in [2.05, 4.69) is 6.92 Å². The highest BCUT2D eigenvalue weighted by atomic mass is 16.5. The molecule has 0 saturated heterocycles. The quantitative estimate of drug-likeness (QED) is 0.390. The fourth-order valence-electron chi connectivity index (χ4n) is 11.3. The number of allylic oxidation sites excluding steroid dienone is 1. The molecule has 0 aromatic rings. The lowest BCUT2D eigenvalue weighted by Crippen LogP contribution is -2.54. The molecule has 4 bridgehead atoms. The third kappa shape index (κ3) is 2.86. The molecule has 0 radical (unpaired) electrons. The minimum Gasteiger partial charge on any atom is -0.461 e. The van der Waals surface area contributed by atoms with Crippen LogP contribution in [0.1, 0.15) is 96.8 Å². The van der Waals surface area contributed by atoms with Crippen LogP contribution in [0.15, 0.2) is 11.6 Å². The molecule has 184 valence electrons. The molecule has 8 rings (SSSR count). The molecule has 0 spiro atoms. The lowest BCUT2D eigenvalue weighted by atomic mass is 9.47. The summed E-state index contributed by atoms with van der Waals surface area (Å²) >= 11 is 0. The molecular formula is C30H40O4. The van der Waals surface area contributed by atoms with Gasteiger partial charge < -0.3 is 9.53 Å². The Morgan fingerprint density at radius 3 is 2.32 bits per heavy atom. The van der Waals surface area contributed by atoms with Crippen LogP contribution in [0.2, 0.25) is 0 Å². The van der Waals surface area contributed by atoms with Crippen LogP contribution in [0.3, 0.4) is 0 Å². The predicted molar refractivity (Wildman–Crippen MR) is 128 cm³/mol. The van der Waals surface area contributed by atoms with Crippen molar-refractivity contribution in [3.05, 3.63) is 11.6 Å². The van der Waals surface area contributed by atoms with Crippen molar-refractivity contribution in [1.82, 2.24) is 0 Å². The second kappa shape index (κ2) is 7.29. The molecule has 1 unspecified atom stereocenters. The fourth-order valence-corrected chi connectivity index (χ4v) is 11.3. The molecule has 4 heteroatoms. The Morgan fingerprint density at radius 2 is 1.65 bits per heavy atom. The second-order valence-corrected chi connectivity index (χ2v) is 13.9. The van der Waals surface area contributed by atoms with Crippen LogP contribution in [0.25, 0.3) is 0 Å². The van der Waals surface area contributed by atoms with Gasteiger partial charge in [-0.15, -0.1) is 0 Å². The number of rotatable bonds is 3. The lowest BCUT2D eigenvalue weighted by Gasteiger charge is -2.57. The van der Waals surface area contributed by atoms with E-state index in [4.69, 9.17) is 4.74 Å². The molecule has 34 heavy (non-hydrogen) atoms. The van der Waals surface area contributed by atoms with E-state index in [1.807, 2.05) is 6.08 Å². The summed E-state index contributed by atoms with van der Waals surface area (Å²) < 4.78 is 6.56. The first-order valence-corrected chi connectivity index (χ1v) is 14.3. The number of ketones is 1. The van der Waals surface area contributed by atoms with Crippen LogP contribution in [-0.4, -0.2) is 24.1 Å². The van der Waals surface area contributed by atoms with Gasteiger partial charge in [-0.3, -0.25) is 9.59 Å². The van der Waals surface area contributed by atoms with Gasteiger partial charge in [0.25, 0.3) is 0 Å². The number of carbonyl (C=O) groups excluding carboxylic acids is 3. The first-order chi connectivity index (χ1) is 16.3. The summed E-state index contributed by atoms with van der Waals surface area (Å²) in [5.41, 5.74) is 0.564. The summed E-state index contributed by atoms with van der Waals surface area (Å²) in [6, 6.07) is 0. The highest BCUT2D eigenvalue weighted by Crippen LogP contribution is 2.66. The maximum absolute atomic E-state index is 13.8. The maximum atomic E-state index is 13.8. The number of ether oxygens (including phenoxy) is 1. The molecule has 8 aliphatic rings. The van der Waals surface area contributed by atoms with Gasteiger partial charge in [0.15, 0.2) is 5.78 Å². The number of aldehydes is 1. The van der Waals surface area contributed by atoms with Crippen LogP contribution in [0.4, 0.5) is 0 Å². The zero-order valence-corrected chi connectivity index (χ0v) is 20.7. The van der Waals surface area contributed by atoms with E-state index in [0.717, 1.165) is 81.1 Å². The molecule has 4 nitrogen and oxygen atoms in total. The van der Waals surface area contributed by atoms with E-state index in [-0.39, 0.29) is 28.7 Å². The molecule has 0 aromatic carbocycles. The Labute approximate surface area is 203 Å². The summed E-state index contributed by atoms with van der Waals surface area (Å²) in [5, 5.41) is 0. The van der Waals surface area contributed by atoms with Crippen molar-refractivity contribution in [1.29, 1.82) is 0 Å². The molecule has 8 aliphatic carbocycles. The van der Waals surface area contributed by atoms with Crippen molar-refractivity contribution < 1.29 is 19.1 Å². The zero-order valence-electron chi connectivity index (χ0n) is 20.7. The van der Waals surface area contributed by atoms with E-state index in [9.17, 15) is 14.4 Å². The Morgan fingerprint density at radius 1 is 0.941 bits per heavy atom. The molecule has 0 N–H and O–H groups in total. The van der Waals surface area contributed by atoms with Crippen molar-refractivity contribution in [2.75, 3.05) is 0 Å². The molecule has 7 saturated carbocycles. The van der Waals surface area contributed by atoms with Gasteiger partial charge >= 0.3 is 5.97 Å². The first-order valence-electron chi connectivity index (χ1n) is 14.3. The molecular weight excluding hydrogens is 424 g/mol. The number of carbonyl (C=O) groups is 3. The summed E-state index contributed by atoms with van der Waals surface area (Å²) in [7, 11) is 0. The first kappa shape index (κ1) is 21.8. The Kier molecular flexibility index (Phi) is 4.68. The monoisotopic (exact) mass is 464 g/mol. The van der Waals surface area contributed by atoms with Crippen molar-refractivity contribution >= 4 is 18.0 Å². The second-order valence-electron chi connectivity index (χ2n) is 13.9. The average Bonchev–Trinajstić information content (AvgIpc) is 3.14. The van der Waals surface area contributed by atoms with Crippen molar-refractivity contribution in [2.45, 2.75) is 103 Å². The smallest absolute Gasteiger partial charge is 0.312 e. The summed E-state index contributed by atoms with van der Waals surface area (Å²) in [6.45, 7) is 2.39. The molecule has 0 aromatic heterocycles. The summed E-state index contributed by atoms with van der Waals surface area (Å²) in [6.07, 6.45) is 17.7. The van der Waals surface area contributed by atoms with E-state index >= 15 is 0 Å². The van der Waals surface area contributed by atoms with Gasteiger partial charge in [-0.1, -0.05) is 12.5 Å². The number of hydrogen-bond donors (Lipinski definition) is 0. The largest absolute Gasteiger partial charge is 0.461 e. The highest BCUT2D eigenvalue weighted by molar-refractivity contribution is 5.93. The minimum atomic E-state index is -0.411. The van der Waals surface area contributed by atoms with E-state index in [1.165, 1.54) is 25.5 Å². The van der Waals surface area contributed by atoms with Gasteiger partial charge in [0.2, 0.25) is 0 Å². The van der Waals surface area contributed by atoms with Gasteiger partial charge in [-0.05, 0) is 125 Å². The van der Waals surface area contributed by atoms with Crippen molar-refractivity contribution in [3.8, 4) is 0 Å². The molecule has 0 aliphatic heterocycles. The van der Waals surface area contributed by atoms with Crippen molar-refractivity contribution in [2.24, 2.45) is 51.8 Å². The van der Waals surface area contributed by atoms with Crippen LogP contribution < -0.4 is 0 Å². The Bertz CT molecular complexity index is 928. The standard InChI is InChI=1S/C30H40O4/c1-28-8-7-25-23(3-2-21-13-22(32)6-9-30(21,25)17-31)24(28)4-5-26(28)34-27(33)29-14-18-10-19(15-29)12-20(11-18)16-29/h13,17-20,23-26H,2-12,14-16H2,1H3/t18?,19?,20?,23-,24-,25+,26?,28-,29?,30+/m0/s1. The Balaban J connectivity index is 1.12. The summed E-state index contributed by atoms with van der Waals surface area (Å²) in [5.74, 6) is 4.00. The highest BCUT2D eigenvalue weighted by Gasteiger charge is 2.62. The third-order valence-electron chi connectivity index (χ3n) is 12.4. The fraction of sp³-hybridized carbons (Fsp3) is 0.833. The topological polar surface area (TPSA) is 60.4 Å². The summed E-state index contributed by atoms with van der Waals surface area (Å²) in [4.78, 5) is 38.4. The van der Waals surface area contributed by atoms with Crippen LogP contribution in [-0.2, 0) is 19.1 Å². The minimum absolute atomic E-state index is 0.0366. The molecule has 0 amide bonds. The zero-order chi connectivity index (χ0) is 23.3. The van der Waals surface area contributed by atoms with Crippen LogP contribution in [0.5, 0.6) is 0 Å². The number of fused-ring (bicyclic) bond motifs is 5. The van der Waals surface area contributed by atoms with Gasteiger partial charge in [-0.25, -0.2) is 0 Å². The molecule has 0 heterocycles. The van der Waals surface area contributed by atoms with Crippen LogP contribution in [0, 0.1) is 51.8 Å². The normalized spacial score (nSPS) is 52.9. The number of hydrogen-bond acceptors (Lipinski definition) is 4. The lowest BCUT2D eigenvalue weighted by molar-refractivity contribution is -0.185. The van der Waals surface area contributed by atoms with E-state index < -0.39 is 5.41 Å². The van der Waals surface area contributed by atoms with E-state index in [1.54, 1.807) is 0 Å². The predicted octanol–water partition coefficient (Wildman–Crippen LogP) is 5.83. The maximum Gasteiger partial charge on any atom is 0.312 e. The average molecular weight is 465 g/mol. The van der Waals surface area contributed by atoms with E-state index in [0.29, 0.717) is 30.6 Å². The SMILES string of the molecule is C[C@]12CC[C@@H]3[C@@H](CCC4=CC(=O)CC[C@@]43C=O)[C@@H]1CCC2OC(=O)C12CC3CC(CC(C3)C1)C2. The van der Waals surface area contributed by atoms with Crippen molar-refractivity contribution in [3.63, 3.8) is 0 Å². The molecule has 6 atom stereocenters. The van der Waals surface area contributed by atoms with Gasteiger partial charge in [0.1, 0.15) is 12.4 Å². The van der Waals surface area contributed by atoms with Gasteiger partial charge in [0, 0.05) is 11.8 Å². The molecule has 7 fully saturated rings. The van der Waals surface area contributed by atoms with Gasteiger partial charge in [0.05, 0.1) is 10.8 Å². The Hall–Kier alpha value is -1.45.